The van der Waals surface area contributed by atoms with Gasteiger partial charge in [-0.1, -0.05) is 42.5 Å². The Morgan fingerprint density at radius 1 is 1.17 bits per heavy atom. The maximum atomic E-state index is 12.3. The van der Waals surface area contributed by atoms with Gasteiger partial charge in [0.05, 0.1) is 12.7 Å². The molecule has 0 saturated carbocycles. The SMILES string of the molecule is COCc1cccc(C(=O)NC(C)CC(O)c2ccccc2)c1. The van der Waals surface area contributed by atoms with Crippen LogP contribution in [0.2, 0.25) is 0 Å². The van der Waals surface area contributed by atoms with Gasteiger partial charge in [0.1, 0.15) is 0 Å². The summed E-state index contributed by atoms with van der Waals surface area (Å²) in [5.74, 6) is -0.143. The number of carbonyl (C=O) groups excluding carboxylic acids is 1. The molecule has 2 N–H and O–H groups in total. The van der Waals surface area contributed by atoms with E-state index in [1.54, 1.807) is 13.2 Å². The summed E-state index contributed by atoms with van der Waals surface area (Å²) in [5, 5.41) is 13.1. The quantitative estimate of drug-likeness (QED) is 0.826. The Labute approximate surface area is 137 Å². The average Bonchev–Trinajstić information content (AvgIpc) is 2.56. The Hall–Kier alpha value is -2.17. The minimum absolute atomic E-state index is 0.135. The molecule has 122 valence electrons. The van der Waals surface area contributed by atoms with E-state index in [1.165, 1.54) is 0 Å². The molecular weight excluding hydrogens is 290 g/mol. The molecule has 2 aromatic carbocycles. The predicted molar refractivity (Wildman–Crippen MR) is 90.1 cm³/mol. The van der Waals surface area contributed by atoms with Gasteiger partial charge in [0, 0.05) is 18.7 Å². The molecule has 4 nitrogen and oxygen atoms in total. The molecule has 0 spiro atoms. The van der Waals surface area contributed by atoms with E-state index in [2.05, 4.69) is 5.32 Å². The molecule has 2 aromatic rings. The molecule has 4 heteroatoms. The van der Waals surface area contributed by atoms with Crippen LogP contribution < -0.4 is 5.32 Å². The molecule has 2 atom stereocenters. The van der Waals surface area contributed by atoms with Crippen molar-refractivity contribution in [3.05, 3.63) is 71.3 Å². The van der Waals surface area contributed by atoms with Crippen molar-refractivity contribution in [2.45, 2.75) is 32.1 Å². The smallest absolute Gasteiger partial charge is 0.251 e. The lowest BCUT2D eigenvalue weighted by molar-refractivity contribution is 0.0916. The van der Waals surface area contributed by atoms with E-state index in [9.17, 15) is 9.90 Å². The van der Waals surface area contributed by atoms with Crippen molar-refractivity contribution in [1.82, 2.24) is 5.32 Å². The third-order valence-electron chi connectivity index (χ3n) is 3.64. The molecule has 0 aliphatic carbocycles. The summed E-state index contributed by atoms with van der Waals surface area (Å²) in [6, 6.07) is 16.7. The van der Waals surface area contributed by atoms with Crippen LogP contribution in [0.15, 0.2) is 54.6 Å². The highest BCUT2D eigenvalue weighted by Crippen LogP contribution is 2.18. The van der Waals surface area contributed by atoms with Gasteiger partial charge in [0.15, 0.2) is 0 Å². The Morgan fingerprint density at radius 2 is 1.91 bits per heavy atom. The summed E-state index contributed by atoms with van der Waals surface area (Å²) in [6.45, 7) is 2.37. The minimum atomic E-state index is -0.591. The molecule has 0 aliphatic rings. The van der Waals surface area contributed by atoms with Crippen LogP contribution in [0.25, 0.3) is 0 Å². The van der Waals surface area contributed by atoms with Gasteiger partial charge in [-0.2, -0.15) is 0 Å². The summed E-state index contributed by atoms with van der Waals surface area (Å²) in [4.78, 5) is 12.3. The molecule has 2 rings (SSSR count). The van der Waals surface area contributed by atoms with E-state index in [0.717, 1.165) is 11.1 Å². The second-order valence-electron chi connectivity index (χ2n) is 5.67. The number of rotatable bonds is 7. The first kappa shape index (κ1) is 17.2. The summed E-state index contributed by atoms with van der Waals surface area (Å²) in [7, 11) is 1.62. The lowest BCUT2D eigenvalue weighted by atomic mass is 10.0. The number of nitrogens with one attached hydrogen (secondary N) is 1. The summed E-state index contributed by atoms with van der Waals surface area (Å²) in [6.07, 6.45) is -0.126. The van der Waals surface area contributed by atoms with Crippen LogP contribution in [0, 0.1) is 0 Å². The van der Waals surface area contributed by atoms with E-state index in [1.807, 2.05) is 55.5 Å². The Bertz CT molecular complexity index is 628. The van der Waals surface area contributed by atoms with E-state index < -0.39 is 6.10 Å². The van der Waals surface area contributed by atoms with Crippen LogP contribution in [0.4, 0.5) is 0 Å². The summed E-state index contributed by atoms with van der Waals surface area (Å²) >= 11 is 0. The Balaban J connectivity index is 1.93. The fourth-order valence-electron chi connectivity index (χ4n) is 2.48. The number of carbonyl (C=O) groups is 1. The maximum Gasteiger partial charge on any atom is 0.251 e. The largest absolute Gasteiger partial charge is 0.388 e. The van der Waals surface area contributed by atoms with Crippen LogP contribution in [-0.4, -0.2) is 24.2 Å². The number of benzene rings is 2. The second kappa shape index (κ2) is 8.46. The van der Waals surface area contributed by atoms with Crippen LogP contribution >= 0.6 is 0 Å². The van der Waals surface area contributed by atoms with Crippen LogP contribution in [0.5, 0.6) is 0 Å². The minimum Gasteiger partial charge on any atom is -0.388 e. The van der Waals surface area contributed by atoms with Crippen molar-refractivity contribution in [3.63, 3.8) is 0 Å². The van der Waals surface area contributed by atoms with Gasteiger partial charge in [-0.05, 0) is 36.6 Å². The molecule has 1 amide bonds. The number of aliphatic hydroxyl groups excluding tert-OH is 1. The lowest BCUT2D eigenvalue weighted by Crippen LogP contribution is -2.33. The van der Waals surface area contributed by atoms with E-state index >= 15 is 0 Å². The van der Waals surface area contributed by atoms with Gasteiger partial charge in [-0.25, -0.2) is 0 Å². The zero-order chi connectivity index (χ0) is 16.7. The molecule has 2 unspecified atom stereocenters. The topological polar surface area (TPSA) is 58.6 Å². The highest BCUT2D eigenvalue weighted by molar-refractivity contribution is 5.94. The predicted octanol–water partition coefficient (Wildman–Crippen LogP) is 3.08. The van der Waals surface area contributed by atoms with E-state index in [0.29, 0.717) is 18.6 Å². The third kappa shape index (κ3) is 5.20. The van der Waals surface area contributed by atoms with Crippen molar-refractivity contribution in [1.29, 1.82) is 0 Å². The van der Waals surface area contributed by atoms with Crippen LogP contribution in [0.3, 0.4) is 0 Å². The highest BCUT2D eigenvalue weighted by atomic mass is 16.5. The van der Waals surface area contributed by atoms with Gasteiger partial charge < -0.3 is 15.2 Å². The van der Waals surface area contributed by atoms with Gasteiger partial charge >= 0.3 is 0 Å². The Kier molecular flexibility index (Phi) is 6.32. The maximum absolute atomic E-state index is 12.3. The van der Waals surface area contributed by atoms with Gasteiger partial charge in [-0.3, -0.25) is 4.79 Å². The summed E-state index contributed by atoms with van der Waals surface area (Å²) in [5.41, 5.74) is 2.41. The second-order valence-corrected chi connectivity index (χ2v) is 5.67. The molecule has 23 heavy (non-hydrogen) atoms. The van der Waals surface area contributed by atoms with E-state index in [-0.39, 0.29) is 11.9 Å². The van der Waals surface area contributed by atoms with Crippen molar-refractivity contribution in [2.75, 3.05) is 7.11 Å². The van der Waals surface area contributed by atoms with Gasteiger partial charge in [0.2, 0.25) is 0 Å². The monoisotopic (exact) mass is 313 g/mol. The van der Waals surface area contributed by atoms with Crippen molar-refractivity contribution in [2.24, 2.45) is 0 Å². The number of aliphatic hydroxyl groups is 1. The fourth-order valence-corrected chi connectivity index (χ4v) is 2.48. The average molecular weight is 313 g/mol. The third-order valence-corrected chi connectivity index (χ3v) is 3.64. The molecule has 0 radical (unpaired) electrons. The van der Waals surface area contributed by atoms with Crippen LogP contribution in [-0.2, 0) is 11.3 Å². The number of ether oxygens (including phenoxy) is 1. The molecule has 0 bridgehead atoms. The summed E-state index contributed by atoms with van der Waals surface area (Å²) < 4.78 is 5.08. The van der Waals surface area contributed by atoms with Gasteiger partial charge in [-0.15, -0.1) is 0 Å². The first-order chi connectivity index (χ1) is 11.1. The highest BCUT2D eigenvalue weighted by Gasteiger charge is 2.15. The number of hydrogen-bond donors (Lipinski definition) is 2. The molecule has 0 heterocycles. The van der Waals surface area contributed by atoms with Crippen molar-refractivity contribution < 1.29 is 14.6 Å². The molecule has 0 aromatic heterocycles. The zero-order valence-corrected chi connectivity index (χ0v) is 13.5. The molecule has 0 saturated heterocycles. The van der Waals surface area contributed by atoms with Crippen molar-refractivity contribution in [3.8, 4) is 0 Å². The zero-order valence-electron chi connectivity index (χ0n) is 13.5. The normalized spacial score (nSPS) is 13.3. The van der Waals surface area contributed by atoms with Crippen LogP contribution in [0.1, 0.15) is 40.9 Å². The first-order valence-corrected chi connectivity index (χ1v) is 7.72. The molecule has 0 fully saturated rings. The molecule has 0 aliphatic heterocycles. The van der Waals surface area contributed by atoms with Gasteiger partial charge in [0.25, 0.3) is 5.91 Å². The molecular formula is C19H23NO3. The first-order valence-electron chi connectivity index (χ1n) is 7.72. The van der Waals surface area contributed by atoms with E-state index in [4.69, 9.17) is 4.74 Å². The standard InChI is InChI=1S/C19H23NO3/c1-14(11-18(21)16-8-4-3-5-9-16)20-19(22)17-10-6-7-15(12-17)13-23-2/h3-10,12,14,18,21H,11,13H2,1-2H3,(H,20,22). The fraction of sp³-hybridized carbons (Fsp3) is 0.316. The lowest BCUT2D eigenvalue weighted by Gasteiger charge is -2.18. The number of hydrogen-bond acceptors (Lipinski definition) is 3. The number of methoxy groups -OCH3 is 1. The number of amides is 1. The Morgan fingerprint density at radius 3 is 2.61 bits per heavy atom. The van der Waals surface area contributed by atoms with Crippen molar-refractivity contribution >= 4 is 5.91 Å².